The van der Waals surface area contributed by atoms with E-state index in [9.17, 15) is 4.79 Å². The first kappa shape index (κ1) is 11.5. The zero-order chi connectivity index (χ0) is 13.4. The van der Waals surface area contributed by atoms with Crippen LogP contribution in [0.15, 0.2) is 35.1 Å². The molecule has 0 bridgehead atoms. The molecule has 0 atom stereocenters. The zero-order valence-electron chi connectivity index (χ0n) is 10.6. The van der Waals surface area contributed by atoms with Gasteiger partial charge in [0, 0.05) is 5.56 Å². The van der Waals surface area contributed by atoms with Gasteiger partial charge >= 0.3 is 0 Å². The second-order valence-electron chi connectivity index (χ2n) is 4.34. The van der Waals surface area contributed by atoms with Crippen LogP contribution in [-0.2, 0) is 0 Å². The van der Waals surface area contributed by atoms with Gasteiger partial charge in [-0.15, -0.1) is 0 Å². The summed E-state index contributed by atoms with van der Waals surface area (Å²) in [6.07, 6.45) is 0. The molecule has 1 aromatic carbocycles. The molecule has 0 aliphatic rings. The summed E-state index contributed by atoms with van der Waals surface area (Å²) in [7, 11) is 0. The summed E-state index contributed by atoms with van der Waals surface area (Å²) in [5.41, 5.74) is 1.74. The van der Waals surface area contributed by atoms with Crippen LogP contribution in [0.25, 0.3) is 22.4 Å². The van der Waals surface area contributed by atoms with Crippen LogP contribution in [-0.4, -0.2) is 19.9 Å². The maximum atomic E-state index is 12.1. The van der Waals surface area contributed by atoms with E-state index in [0.717, 1.165) is 5.56 Å². The Morgan fingerprint density at radius 1 is 1.00 bits per heavy atom. The molecule has 3 aromatic rings. The fourth-order valence-electron chi connectivity index (χ4n) is 2.08. The minimum atomic E-state index is -0.207. The van der Waals surface area contributed by atoms with Crippen molar-refractivity contribution in [3.8, 4) is 11.4 Å². The second kappa shape index (κ2) is 4.28. The largest absolute Gasteiger partial charge is 0.306 e. The van der Waals surface area contributed by atoms with Crippen LogP contribution in [0.1, 0.15) is 11.5 Å². The van der Waals surface area contributed by atoms with E-state index in [0.29, 0.717) is 28.4 Å². The molecule has 0 saturated heterocycles. The smallest absolute Gasteiger partial charge is 0.262 e. The highest BCUT2D eigenvalue weighted by molar-refractivity contribution is 5.77. The SMILES string of the molecule is Cc1nc(C)c2c(=O)[nH]c(-c3ccccc3)nc2n1. The third kappa shape index (κ3) is 1.99. The summed E-state index contributed by atoms with van der Waals surface area (Å²) in [4.78, 5) is 27.8. The Morgan fingerprint density at radius 3 is 2.47 bits per heavy atom. The fourth-order valence-corrected chi connectivity index (χ4v) is 2.08. The van der Waals surface area contributed by atoms with Crippen molar-refractivity contribution in [2.24, 2.45) is 0 Å². The van der Waals surface area contributed by atoms with Crippen molar-refractivity contribution in [2.45, 2.75) is 13.8 Å². The third-order valence-corrected chi connectivity index (χ3v) is 2.91. The van der Waals surface area contributed by atoms with E-state index in [1.165, 1.54) is 0 Å². The van der Waals surface area contributed by atoms with Crippen molar-refractivity contribution in [3.63, 3.8) is 0 Å². The molecule has 0 aliphatic heterocycles. The molecule has 2 aromatic heterocycles. The molecule has 19 heavy (non-hydrogen) atoms. The van der Waals surface area contributed by atoms with Gasteiger partial charge in [-0.1, -0.05) is 30.3 Å². The number of hydrogen-bond donors (Lipinski definition) is 1. The van der Waals surface area contributed by atoms with Crippen molar-refractivity contribution in [1.29, 1.82) is 0 Å². The quantitative estimate of drug-likeness (QED) is 0.719. The highest BCUT2D eigenvalue weighted by Gasteiger charge is 2.10. The van der Waals surface area contributed by atoms with Gasteiger partial charge in [0.25, 0.3) is 5.56 Å². The maximum absolute atomic E-state index is 12.1. The van der Waals surface area contributed by atoms with Crippen LogP contribution in [0, 0.1) is 13.8 Å². The number of aryl methyl sites for hydroxylation is 2. The van der Waals surface area contributed by atoms with Gasteiger partial charge in [0.2, 0.25) is 0 Å². The van der Waals surface area contributed by atoms with Crippen molar-refractivity contribution in [1.82, 2.24) is 19.9 Å². The minimum absolute atomic E-state index is 0.207. The molecule has 3 rings (SSSR count). The Hall–Kier alpha value is -2.56. The van der Waals surface area contributed by atoms with Crippen LogP contribution >= 0.6 is 0 Å². The number of rotatable bonds is 1. The van der Waals surface area contributed by atoms with E-state index in [1.54, 1.807) is 13.8 Å². The van der Waals surface area contributed by atoms with Crippen molar-refractivity contribution in [2.75, 3.05) is 0 Å². The number of hydrogen-bond acceptors (Lipinski definition) is 4. The molecule has 0 aliphatic carbocycles. The Labute approximate surface area is 109 Å². The van der Waals surface area contributed by atoms with E-state index in [2.05, 4.69) is 19.9 Å². The number of benzene rings is 1. The molecule has 2 heterocycles. The lowest BCUT2D eigenvalue weighted by Gasteiger charge is -2.04. The Bertz CT molecular complexity index is 809. The lowest BCUT2D eigenvalue weighted by molar-refractivity contribution is 1.02. The number of nitrogens with zero attached hydrogens (tertiary/aromatic N) is 3. The van der Waals surface area contributed by atoms with Gasteiger partial charge in [0.05, 0.1) is 5.69 Å². The molecule has 5 nitrogen and oxygen atoms in total. The summed E-state index contributed by atoms with van der Waals surface area (Å²) in [5, 5.41) is 0.449. The Balaban J connectivity index is 2.34. The summed E-state index contributed by atoms with van der Waals surface area (Å²) in [6, 6.07) is 9.50. The van der Waals surface area contributed by atoms with E-state index in [-0.39, 0.29) is 5.56 Å². The van der Waals surface area contributed by atoms with Gasteiger partial charge in [-0.05, 0) is 13.8 Å². The van der Waals surface area contributed by atoms with Crippen LogP contribution in [0.5, 0.6) is 0 Å². The maximum Gasteiger partial charge on any atom is 0.262 e. The van der Waals surface area contributed by atoms with E-state index >= 15 is 0 Å². The predicted octanol–water partition coefficient (Wildman–Crippen LogP) is 2.00. The molecule has 0 spiro atoms. The van der Waals surface area contributed by atoms with Gasteiger partial charge in [0.15, 0.2) is 5.65 Å². The molecule has 5 heteroatoms. The first-order chi connectivity index (χ1) is 9.15. The second-order valence-corrected chi connectivity index (χ2v) is 4.34. The van der Waals surface area contributed by atoms with Gasteiger partial charge in [-0.2, -0.15) is 0 Å². The first-order valence-corrected chi connectivity index (χ1v) is 5.96. The van der Waals surface area contributed by atoms with Crippen LogP contribution in [0.2, 0.25) is 0 Å². The van der Waals surface area contributed by atoms with Crippen LogP contribution < -0.4 is 5.56 Å². The molecule has 0 unspecified atom stereocenters. The highest BCUT2D eigenvalue weighted by atomic mass is 16.1. The van der Waals surface area contributed by atoms with Crippen molar-refractivity contribution >= 4 is 11.0 Å². The van der Waals surface area contributed by atoms with E-state index in [1.807, 2.05) is 30.3 Å². The molecule has 0 saturated carbocycles. The lowest BCUT2D eigenvalue weighted by Crippen LogP contribution is -2.13. The minimum Gasteiger partial charge on any atom is -0.306 e. The topological polar surface area (TPSA) is 71.5 Å². The van der Waals surface area contributed by atoms with Gasteiger partial charge < -0.3 is 4.98 Å². The molecule has 0 fully saturated rings. The number of aromatic amines is 1. The summed E-state index contributed by atoms with van der Waals surface area (Å²) < 4.78 is 0. The van der Waals surface area contributed by atoms with Gasteiger partial charge in [0.1, 0.15) is 17.0 Å². The monoisotopic (exact) mass is 252 g/mol. The Kier molecular flexibility index (Phi) is 2.59. The number of aromatic nitrogens is 4. The molecule has 94 valence electrons. The highest BCUT2D eigenvalue weighted by Crippen LogP contribution is 2.15. The average molecular weight is 252 g/mol. The zero-order valence-corrected chi connectivity index (χ0v) is 10.6. The summed E-state index contributed by atoms with van der Waals surface area (Å²) in [6.45, 7) is 3.58. The first-order valence-electron chi connectivity index (χ1n) is 5.96. The lowest BCUT2D eigenvalue weighted by atomic mass is 10.2. The van der Waals surface area contributed by atoms with Gasteiger partial charge in [-0.25, -0.2) is 15.0 Å². The molecule has 1 N–H and O–H groups in total. The fraction of sp³-hybridized carbons (Fsp3) is 0.143. The summed E-state index contributed by atoms with van der Waals surface area (Å²) >= 11 is 0. The van der Waals surface area contributed by atoms with Crippen molar-refractivity contribution in [3.05, 3.63) is 52.2 Å². The Morgan fingerprint density at radius 2 is 1.74 bits per heavy atom. The number of nitrogens with one attached hydrogen (secondary N) is 1. The molecule has 0 amide bonds. The van der Waals surface area contributed by atoms with Gasteiger partial charge in [-0.3, -0.25) is 4.79 Å². The summed E-state index contributed by atoms with van der Waals surface area (Å²) in [5.74, 6) is 1.14. The van der Waals surface area contributed by atoms with Crippen LogP contribution in [0.3, 0.4) is 0 Å². The average Bonchev–Trinajstić information content (AvgIpc) is 2.38. The standard InChI is InChI=1S/C14H12N4O/c1-8-11-13(16-9(2)15-8)17-12(18-14(11)19)10-6-4-3-5-7-10/h3-7H,1-2H3,(H,15,16,17,18,19). The molecule has 0 radical (unpaired) electrons. The van der Waals surface area contributed by atoms with Crippen LogP contribution in [0.4, 0.5) is 0 Å². The molecular formula is C14H12N4O. The van der Waals surface area contributed by atoms with Crippen molar-refractivity contribution < 1.29 is 0 Å². The predicted molar refractivity (Wildman–Crippen MR) is 72.9 cm³/mol. The van der Waals surface area contributed by atoms with E-state index in [4.69, 9.17) is 0 Å². The normalized spacial score (nSPS) is 10.8. The third-order valence-electron chi connectivity index (χ3n) is 2.91. The van der Waals surface area contributed by atoms with E-state index < -0.39 is 0 Å². The molecular weight excluding hydrogens is 240 g/mol. The number of fused-ring (bicyclic) bond motifs is 1. The number of H-pyrrole nitrogens is 1.